The minimum atomic E-state index is 0.411. The minimum absolute atomic E-state index is 0.411. The molecule has 1 aromatic rings. The number of likely N-dealkylation sites (N-methyl/N-ethyl adjacent to an activating group) is 1. The highest BCUT2D eigenvalue weighted by atomic mass is 16.5. The first-order valence-corrected chi connectivity index (χ1v) is 8.34. The molecular formula is C18H30N2O. The third-order valence-corrected chi connectivity index (χ3v) is 4.21. The van der Waals surface area contributed by atoms with Gasteiger partial charge in [0.2, 0.25) is 0 Å². The Morgan fingerprint density at radius 1 is 1.10 bits per heavy atom. The Morgan fingerprint density at radius 2 is 1.81 bits per heavy atom. The molecule has 1 atom stereocenters. The van der Waals surface area contributed by atoms with Gasteiger partial charge in [-0.15, -0.1) is 0 Å². The SMILES string of the molecule is CCNC(CN1CCCOCC1)c1ccc(C(C)C)cc1. The Balaban J connectivity index is 2.02. The second-order valence-electron chi connectivity index (χ2n) is 6.20. The van der Waals surface area contributed by atoms with Crippen LogP contribution in [-0.4, -0.2) is 44.3 Å². The molecule has 3 heteroatoms. The maximum absolute atomic E-state index is 5.55. The summed E-state index contributed by atoms with van der Waals surface area (Å²) in [4.78, 5) is 2.52. The first-order valence-electron chi connectivity index (χ1n) is 8.34. The van der Waals surface area contributed by atoms with E-state index in [0.29, 0.717) is 12.0 Å². The molecule has 1 fully saturated rings. The Bertz CT molecular complexity index is 394. The third kappa shape index (κ3) is 5.10. The van der Waals surface area contributed by atoms with Gasteiger partial charge in [0.1, 0.15) is 0 Å². The molecule has 21 heavy (non-hydrogen) atoms. The van der Waals surface area contributed by atoms with Crippen molar-refractivity contribution in [1.82, 2.24) is 10.2 Å². The molecule has 0 radical (unpaired) electrons. The van der Waals surface area contributed by atoms with Crippen molar-refractivity contribution in [2.45, 2.75) is 39.2 Å². The number of hydrogen-bond donors (Lipinski definition) is 1. The predicted octanol–water partition coefficient (Wildman–Crippen LogP) is 3.18. The molecule has 0 amide bonds. The van der Waals surface area contributed by atoms with Crippen LogP contribution in [0.1, 0.15) is 50.3 Å². The van der Waals surface area contributed by atoms with Crippen molar-refractivity contribution < 1.29 is 4.74 Å². The summed E-state index contributed by atoms with van der Waals surface area (Å²) in [5.74, 6) is 0.597. The number of nitrogens with one attached hydrogen (secondary N) is 1. The standard InChI is InChI=1S/C18H30N2O/c1-4-19-18(14-20-10-5-12-21-13-11-20)17-8-6-16(7-9-17)15(2)3/h6-9,15,18-19H,4-5,10-14H2,1-3H3. The molecule has 1 aromatic carbocycles. The normalized spacial score (nSPS) is 18.7. The van der Waals surface area contributed by atoms with Crippen molar-refractivity contribution in [3.05, 3.63) is 35.4 Å². The molecule has 0 aliphatic carbocycles. The Labute approximate surface area is 129 Å². The maximum atomic E-state index is 5.55. The average Bonchev–Trinajstić information content (AvgIpc) is 2.75. The van der Waals surface area contributed by atoms with Crippen molar-refractivity contribution >= 4 is 0 Å². The molecule has 1 saturated heterocycles. The summed E-state index contributed by atoms with van der Waals surface area (Å²) in [6, 6.07) is 9.54. The van der Waals surface area contributed by atoms with Crippen molar-refractivity contribution in [1.29, 1.82) is 0 Å². The summed E-state index contributed by atoms with van der Waals surface area (Å²) in [5.41, 5.74) is 2.81. The molecule has 1 N–H and O–H groups in total. The smallest absolute Gasteiger partial charge is 0.0593 e. The van der Waals surface area contributed by atoms with Crippen molar-refractivity contribution in [3.8, 4) is 0 Å². The molecule has 3 nitrogen and oxygen atoms in total. The minimum Gasteiger partial charge on any atom is -0.380 e. The molecule has 118 valence electrons. The van der Waals surface area contributed by atoms with Crippen LogP contribution in [0.2, 0.25) is 0 Å². The van der Waals surface area contributed by atoms with Crippen LogP contribution < -0.4 is 5.32 Å². The second-order valence-corrected chi connectivity index (χ2v) is 6.20. The van der Waals surface area contributed by atoms with Gasteiger partial charge in [-0.25, -0.2) is 0 Å². The van der Waals surface area contributed by atoms with E-state index >= 15 is 0 Å². The summed E-state index contributed by atoms with van der Waals surface area (Å²) in [6.07, 6.45) is 1.14. The molecule has 0 bridgehead atoms. The van der Waals surface area contributed by atoms with E-state index in [1.54, 1.807) is 0 Å². The number of benzene rings is 1. The van der Waals surface area contributed by atoms with Crippen LogP contribution in [-0.2, 0) is 4.74 Å². The van der Waals surface area contributed by atoms with Gasteiger partial charge in [-0.2, -0.15) is 0 Å². The van der Waals surface area contributed by atoms with Crippen LogP contribution in [0.15, 0.2) is 24.3 Å². The molecule has 1 unspecified atom stereocenters. The van der Waals surface area contributed by atoms with E-state index in [4.69, 9.17) is 4.74 Å². The lowest BCUT2D eigenvalue weighted by Gasteiger charge is -2.27. The van der Waals surface area contributed by atoms with Gasteiger partial charge in [-0.3, -0.25) is 4.90 Å². The van der Waals surface area contributed by atoms with E-state index in [-0.39, 0.29) is 0 Å². The summed E-state index contributed by atoms with van der Waals surface area (Å²) in [6.45, 7) is 12.7. The van der Waals surface area contributed by atoms with E-state index in [1.807, 2.05) is 0 Å². The van der Waals surface area contributed by atoms with E-state index in [2.05, 4.69) is 55.3 Å². The average molecular weight is 290 g/mol. The molecule has 0 saturated carbocycles. The van der Waals surface area contributed by atoms with Crippen molar-refractivity contribution in [3.63, 3.8) is 0 Å². The quantitative estimate of drug-likeness (QED) is 0.871. The fourth-order valence-corrected chi connectivity index (χ4v) is 2.89. The van der Waals surface area contributed by atoms with Crippen LogP contribution in [0.25, 0.3) is 0 Å². The van der Waals surface area contributed by atoms with Gasteiger partial charge in [0.15, 0.2) is 0 Å². The number of ether oxygens (including phenoxy) is 1. The number of nitrogens with zero attached hydrogens (tertiary/aromatic N) is 1. The Kier molecular flexibility index (Phi) is 6.68. The second kappa shape index (κ2) is 8.52. The van der Waals surface area contributed by atoms with Gasteiger partial charge in [0.05, 0.1) is 6.61 Å². The number of rotatable bonds is 6. The van der Waals surface area contributed by atoms with Gasteiger partial charge in [-0.1, -0.05) is 45.0 Å². The zero-order valence-corrected chi connectivity index (χ0v) is 13.8. The topological polar surface area (TPSA) is 24.5 Å². The first kappa shape index (κ1) is 16.5. The summed E-state index contributed by atoms with van der Waals surface area (Å²) < 4.78 is 5.55. The molecule has 2 rings (SSSR count). The summed E-state index contributed by atoms with van der Waals surface area (Å²) >= 11 is 0. The van der Waals surface area contributed by atoms with E-state index in [0.717, 1.165) is 45.8 Å². The van der Waals surface area contributed by atoms with Crippen molar-refractivity contribution in [2.24, 2.45) is 0 Å². The van der Waals surface area contributed by atoms with E-state index in [1.165, 1.54) is 11.1 Å². The first-order chi connectivity index (χ1) is 10.2. The van der Waals surface area contributed by atoms with Crippen LogP contribution in [0, 0.1) is 0 Å². The van der Waals surface area contributed by atoms with Gasteiger partial charge < -0.3 is 10.1 Å². The van der Waals surface area contributed by atoms with Crippen LogP contribution >= 0.6 is 0 Å². The van der Waals surface area contributed by atoms with Gasteiger partial charge >= 0.3 is 0 Å². The van der Waals surface area contributed by atoms with Crippen LogP contribution in [0.5, 0.6) is 0 Å². The lowest BCUT2D eigenvalue weighted by molar-refractivity contribution is 0.139. The highest BCUT2D eigenvalue weighted by Gasteiger charge is 2.17. The Morgan fingerprint density at radius 3 is 2.48 bits per heavy atom. The summed E-state index contributed by atoms with van der Waals surface area (Å²) in [5, 5.41) is 3.63. The fraction of sp³-hybridized carbons (Fsp3) is 0.667. The predicted molar refractivity (Wildman–Crippen MR) is 88.8 cm³/mol. The van der Waals surface area contributed by atoms with Crippen LogP contribution in [0.3, 0.4) is 0 Å². The third-order valence-electron chi connectivity index (χ3n) is 4.21. The maximum Gasteiger partial charge on any atom is 0.0593 e. The summed E-state index contributed by atoms with van der Waals surface area (Å²) in [7, 11) is 0. The van der Waals surface area contributed by atoms with Crippen molar-refractivity contribution in [2.75, 3.05) is 39.4 Å². The van der Waals surface area contributed by atoms with Gasteiger partial charge in [0.25, 0.3) is 0 Å². The highest BCUT2D eigenvalue weighted by molar-refractivity contribution is 5.27. The molecule has 1 heterocycles. The molecule has 1 aliphatic heterocycles. The Hall–Kier alpha value is -0.900. The zero-order chi connectivity index (χ0) is 15.1. The van der Waals surface area contributed by atoms with E-state index < -0.39 is 0 Å². The zero-order valence-electron chi connectivity index (χ0n) is 13.8. The molecule has 1 aliphatic rings. The molecular weight excluding hydrogens is 260 g/mol. The van der Waals surface area contributed by atoms with E-state index in [9.17, 15) is 0 Å². The van der Waals surface area contributed by atoms with Crippen LogP contribution in [0.4, 0.5) is 0 Å². The monoisotopic (exact) mass is 290 g/mol. The lowest BCUT2D eigenvalue weighted by atomic mass is 9.98. The van der Waals surface area contributed by atoms with Gasteiger partial charge in [0, 0.05) is 32.3 Å². The highest BCUT2D eigenvalue weighted by Crippen LogP contribution is 2.20. The fourth-order valence-electron chi connectivity index (χ4n) is 2.89. The molecule has 0 aromatic heterocycles. The largest absolute Gasteiger partial charge is 0.380 e. The number of hydrogen-bond acceptors (Lipinski definition) is 3. The lowest BCUT2D eigenvalue weighted by Crippen LogP contribution is -2.36. The molecule has 0 spiro atoms. The van der Waals surface area contributed by atoms with Gasteiger partial charge in [-0.05, 0) is 30.0 Å².